The molecule has 0 saturated heterocycles. The first-order chi connectivity index (χ1) is 23.8. The van der Waals surface area contributed by atoms with Crippen LogP contribution in [0.5, 0.6) is 5.75 Å². The molecule has 4 aromatic rings. The lowest BCUT2D eigenvalue weighted by Gasteiger charge is -2.33. The van der Waals surface area contributed by atoms with Crippen LogP contribution in [-0.2, 0) is 21.2 Å². The normalized spacial score (nSPS) is 16.4. The molecule has 0 amide bonds. The van der Waals surface area contributed by atoms with Gasteiger partial charge < -0.3 is 14.7 Å². The molecule has 9 nitrogen and oxygen atoms in total. The number of aliphatic carboxylic acids is 1. The van der Waals surface area contributed by atoms with Crippen LogP contribution >= 0.6 is 11.3 Å². The molecular weight excluding hydrogens is 669 g/mol. The predicted octanol–water partition coefficient (Wildman–Crippen LogP) is 9.30. The van der Waals surface area contributed by atoms with Crippen LogP contribution in [0, 0.1) is 10.8 Å². The largest absolute Gasteiger partial charge is 0.494 e. The lowest BCUT2D eigenvalue weighted by atomic mass is 9.85. The van der Waals surface area contributed by atoms with E-state index in [1.54, 1.807) is 19.1 Å². The molecule has 0 saturated carbocycles. The molecule has 268 valence electrons. The Bertz CT molecular complexity index is 1880. The average molecular weight is 719 g/mol. The van der Waals surface area contributed by atoms with E-state index in [1.807, 2.05) is 48.2 Å². The molecule has 4 bridgehead atoms. The zero-order chi connectivity index (χ0) is 35.9. The molecule has 0 fully saturated rings. The van der Waals surface area contributed by atoms with Gasteiger partial charge in [-0.05, 0) is 79.8 Å². The van der Waals surface area contributed by atoms with Gasteiger partial charge in [-0.1, -0.05) is 101 Å². The van der Waals surface area contributed by atoms with Crippen LogP contribution in [0.3, 0.4) is 0 Å². The number of sulfonamides is 1. The van der Waals surface area contributed by atoms with Gasteiger partial charge in [0.15, 0.2) is 10.2 Å². The van der Waals surface area contributed by atoms with Gasteiger partial charge in [-0.3, -0.25) is 9.52 Å². The highest BCUT2D eigenvalue weighted by molar-refractivity contribution is 7.92. The van der Waals surface area contributed by atoms with Crippen molar-refractivity contribution in [2.24, 2.45) is 10.8 Å². The Morgan fingerprint density at radius 1 is 0.960 bits per heavy atom. The fraction of sp³-hybridized carbons (Fsp3) is 0.462. The fourth-order valence-electron chi connectivity index (χ4n) is 6.28. The molecule has 1 aliphatic rings. The number of hydrogen-bond donors (Lipinski definition) is 2. The van der Waals surface area contributed by atoms with Gasteiger partial charge in [-0.25, -0.2) is 9.97 Å². The summed E-state index contributed by atoms with van der Waals surface area (Å²) in [5.74, 6) is 0.320. The molecule has 0 spiro atoms. The Balaban J connectivity index is 1.56. The van der Waals surface area contributed by atoms with Gasteiger partial charge in [0.1, 0.15) is 11.6 Å². The lowest BCUT2D eigenvalue weighted by molar-refractivity contribution is -0.147. The summed E-state index contributed by atoms with van der Waals surface area (Å²) in [7, 11) is -4.15. The monoisotopic (exact) mass is 718 g/mol. The Morgan fingerprint density at radius 3 is 2.48 bits per heavy atom. The zero-order valence-corrected chi connectivity index (χ0v) is 31.5. The third-order valence-electron chi connectivity index (χ3n) is 9.13. The minimum absolute atomic E-state index is 0.148. The standard InChI is InChI=1S/C39H50N4O5S2/c1-6-22-39(5,36(44)45)27-43-24-12-8-7-9-15-28-16-10-11-19-31(28)34-35(29-17-13-18-30(26-29)48-25-23-38(2,3)4)49-37(41-34)42-50(46,47)33-21-14-20-32(43)40-33/h10-11,13-14,16-21,26H,6-9,12,15,22-25,27H2,1-5H3,(H,41,42)(H,44,45)/t39-/m1/s1. The number of nitrogens with zero attached hydrogens (tertiary/aromatic N) is 3. The maximum Gasteiger partial charge on any atom is 0.311 e. The van der Waals surface area contributed by atoms with E-state index in [-0.39, 0.29) is 22.1 Å². The van der Waals surface area contributed by atoms with Crippen molar-refractivity contribution in [3.8, 4) is 27.4 Å². The van der Waals surface area contributed by atoms with Crippen LogP contribution in [0.2, 0.25) is 0 Å². The number of benzene rings is 2. The quantitative estimate of drug-likeness (QED) is 0.176. The van der Waals surface area contributed by atoms with E-state index in [9.17, 15) is 18.3 Å². The van der Waals surface area contributed by atoms with Crippen LogP contribution < -0.4 is 14.4 Å². The summed E-state index contributed by atoms with van der Waals surface area (Å²) in [4.78, 5) is 24.7. The van der Waals surface area contributed by atoms with Crippen molar-refractivity contribution in [2.75, 3.05) is 29.3 Å². The number of carbonyl (C=O) groups is 1. The topological polar surface area (TPSA) is 122 Å². The van der Waals surface area contributed by atoms with Gasteiger partial charge in [0, 0.05) is 18.7 Å². The fourth-order valence-corrected chi connectivity index (χ4v) is 8.46. The Labute approximate surface area is 301 Å². The minimum atomic E-state index is -4.15. The maximum absolute atomic E-state index is 13.9. The van der Waals surface area contributed by atoms with E-state index in [2.05, 4.69) is 42.6 Å². The molecule has 2 aromatic carbocycles. The van der Waals surface area contributed by atoms with Crippen LogP contribution in [0.25, 0.3) is 21.7 Å². The Hall–Kier alpha value is -3.96. The number of fused-ring (bicyclic) bond motifs is 6. The van der Waals surface area contributed by atoms with Crippen molar-refractivity contribution in [1.82, 2.24) is 9.97 Å². The number of carboxylic acids is 1. The number of rotatable bonds is 9. The smallest absolute Gasteiger partial charge is 0.311 e. The lowest BCUT2D eigenvalue weighted by Crippen LogP contribution is -2.42. The molecule has 1 atom stereocenters. The summed E-state index contributed by atoms with van der Waals surface area (Å²) in [5.41, 5.74) is 2.89. The van der Waals surface area contributed by atoms with Gasteiger partial charge >= 0.3 is 5.97 Å². The summed E-state index contributed by atoms with van der Waals surface area (Å²) < 4.78 is 36.7. The Morgan fingerprint density at radius 2 is 1.72 bits per heavy atom. The van der Waals surface area contributed by atoms with E-state index in [1.165, 1.54) is 17.4 Å². The second-order valence-electron chi connectivity index (χ2n) is 14.7. The molecule has 2 N–H and O–H groups in total. The first kappa shape index (κ1) is 37.3. The number of aryl methyl sites for hydroxylation is 1. The van der Waals surface area contributed by atoms with Gasteiger partial charge in [0.25, 0.3) is 10.0 Å². The summed E-state index contributed by atoms with van der Waals surface area (Å²) in [6.07, 6.45) is 6.73. The van der Waals surface area contributed by atoms with Gasteiger partial charge in [-0.2, -0.15) is 8.42 Å². The minimum Gasteiger partial charge on any atom is -0.494 e. The third kappa shape index (κ3) is 9.42. The number of thiazole rings is 1. The van der Waals surface area contributed by atoms with Crippen LogP contribution in [0.4, 0.5) is 10.9 Å². The molecule has 0 unspecified atom stereocenters. The first-order valence-corrected chi connectivity index (χ1v) is 19.9. The van der Waals surface area contributed by atoms with E-state index >= 15 is 0 Å². The third-order valence-corrected chi connectivity index (χ3v) is 11.5. The van der Waals surface area contributed by atoms with Gasteiger partial charge in [0.05, 0.1) is 22.6 Å². The molecule has 1 aliphatic heterocycles. The van der Waals surface area contributed by atoms with E-state index in [0.29, 0.717) is 25.4 Å². The van der Waals surface area contributed by atoms with Gasteiger partial charge in [-0.15, -0.1) is 0 Å². The van der Waals surface area contributed by atoms with Crippen LogP contribution in [-0.4, -0.2) is 49.2 Å². The zero-order valence-electron chi connectivity index (χ0n) is 29.9. The summed E-state index contributed by atoms with van der Waals surface area (Å²) >= 11 is 1.28. The van der Waals surface area contributed by atoms with Gasteiger partial charge in [0.2, 0.25) is 0 Å². The highest BCUT2D eigenvalue weighted by atomic mass is 32.2. The van der Waals surface area contributed by atoms with Crippen molar-refractivity contribution in [1.29, 1.82) is 0 Å². The van der Waals surface area contributed by atoms with Crippen molar-refractivity contribution in [3.63, 3.8) is 0 Å². The second-order valence-corrected chi connectivity index (χ2v) is 17.3. The first-order valence-electron chi connectivity index (χ1n) is 17.6. The number of ether oxygens (including phenoxy) is 1. The number of pyridine rings is 1. The SMILES string of the molecule is CCC[C@](C)(CN1CCCCCCc2ccccc2-c2nc(sc2-c2cccc(OCCC(C)(C)C)c2)NS(=O)(=O)c2cccc1n2)C(=O)O. The van der Waals surface area contributed by atoms with Crippen LogP contribution in [0.15, 0.2) is 71.8 Å². The highest BCUT2D eigenvalue weighted by Crippen LogP contribution is 2.42. The van der Waals surface area contributed by atoms with E-state index in [0.717, 1.165) is 78.0 Å². The highest BCUT2D eigenvalue weighted by Gasteiger charge is 2.35. The average Bonchev–Trinajstić information content (AvgIpc) is 3.48. The molecule has 5 rings (SSSR count). The number of aromatic nitrogens is 2. The van der Waals surface area contributed by atoms with E-state index < -0.39 is 21.4 Å². The molecule has 0 aliphatic carbocycles. The van der Waals surface area contributed by atoms with Crippen molar-refractivity contribution >= 4 is 38.3 Å². The molecule has 2 aromatic heterocycles. The van der Waals surface area contributed by atoms with Crippen molar-refractivity contribution in [2.45, 2.75) is 91.0 Å². The summed E-state index contributed by atoms with van der Waals surface area (Å²) in [5, 5.41) is 10.2. The molecule has 0 radical (unpaired) electrons. The summed E-state index contributed by atoms with van der Waals surface area (Å²) in [6.45, 7) is 11.7. The van der Waals surface area contributed by atoms with Crippen molar-refractivity contribution < 1.29 is 23.1 Å². The van der Waals surface area contributed by atoms with Crippen LogP contribution in [0.1, 0.15) is 85.1 Å². The second kappa shape index (κ2) is 15.9. The Kier molecular flexibility index (Phi) is 11.9. The van der Waals surface area contributed by atoms with E-state index in [4.69, 9.17) is 9.72 Å². The molecular formula is C39H50N4O5S2. The molecule has 3 heterocycles. The number of hydrogen-bond acceptors (Lipinski definition) is 8. The predicted molar refractivity (Wildman–Crippen MR) is 203 cm³/mol. The maximum atomic E-state index is 13.9. The summed E-state index contributed by atoms with van der Waals surface area (Å²) in [6, 6.07) is 21.0. The number of nitrogens with one attached hydrogen (secondary N) is 1. The molecule has 11 heteroatoms. The molecule has 50 heavy (non-hydrogen) atoms. The number of carboxylic acid groups (broad SMARTS) is 1. The van der Waals surface area contributed by atoms with Crippen molar-refractivity contribution in [3.05, 3.63) is 72.3 Å². The number of anilines is 2.